The van der Waals surface area contributed by atoms with Gasteiger partial charge in [-0.3, -0.25) is 9.59 Å². The van der Waals surface area contributed by atoms with E-state index in [-0.39, 0.29) is 17.3 Å². The van der Waals surface area contributed by atoms with Gasteiger partial charge in [-0.25, -0.2) is 0 Å². The Morgan fingerprint density at radius 1 is 1.58 bits per heavy atom. The summed E-state index contributed by atoms with van der Waals surface area (Å²) >= 11 is 3.06. The first-order chi connectivity index (χ1) is 5.66. The van der Waals surface area contributed by atoms with Crippen molar-refractivity contribution in [3.8, 4) is 0 Å². The summed E-state index contributed by atoms with van der Waals surface area (Å²) in [5.41, 5.74) is 5.13. The molecule has 1 fully saturated rings. The number of carbonyl (C=O) groups excluding carboxylic acids is 2. The number of alkyl halides is 1. The Balaban J connectivity index is 2.63. The van der Waals surface area contributed by atoms with Crippen LogP contribution >= 0.6 is 15.9 Å². The Morgan fingerprint density at radius 2 is 2.25 bits per heavy atom. The van der Waals surface area contributed by atoms with Crippen molar-refractivity contribution in [1.82, 2.24) is 4.90 Å². The van der Waals surface area contributed by atoms with Crippen LogP contribution in [-0.4, -0.2) is 34.6 Å². The van der Waals surface area contributed by atoms with Crippen LogP contribution in [0.2, 0.25) is 0 Å². The number of primary amides is 1. The quantitative estimate of drug-likeness (QED) is 0.677. The van der Waals surface area contributed by atoms with Gasteiger partial charge >= 0.3 is 0 Å². The highest BCUT2D eigenvalue weighted by Crippen LogP contribution is 2.17. The number of nitrogens with two attached hydrogens (primary N) is 1. The molecule has 1 saturated heterocycles. The van der Waals surface area contributed by atoms with Crippen LogP contribution in [0.3, 0.4) is 0 Å². The molecule has 5 heteroatoms. The number of nitrogens with zero attached hydrogens (tertiary/aromatic N) is 1. The zero-order valence-electron chi connectivity index (χ0n) is 6.62. The van der Waals surface area contributed by atoms with Crippen LogP contribution in [-0.2, 0) is 9.59 Å². The van der Waals surface area contributed by atoms with Gasteiger partial charge in [0.1, 0.15) is 6.04 Å². The van der Waals surface area contributed by atoms with E-state index < -0.39 is 5.91 Å². The Bertz CT molecular complexity index is 208. The number of amides is 2. The Hall–Kier alpha value is -0.580. The average molecular weight is 235 g/mol. The van der Waals surface area contributed by atoms with Crippen LogP contribution in [0, 0.1) is 0 Å². The molecule has 1 atom stereocenters. The molecule has 4 nitrogen and oxygen atoms in total. The molecule has 0 aromatic rings. The number of carbonyl (C=O) groups is 2. The summed E-state index contributed by atoms with van der Waals surface area (Å²) in [4.78, 5) is 23.6. The van der Waals surface area contributed by atoms with Gasteiger partial charge in [0, 0.05) is 6.54 Å². The number of halogens is 1. The van der Waals surface area contributed by atoms with Gasteiger partial charge in [-0.05, 0) is 12.8 Å². The van der Waals surface area contributed by atoms with Crippen LogP contribution < -0.4 is 5.73 Å². The first kappa shape index (κ1) is 9.51. The fourth-order valence-corrected chi connectivity index (χ4v) is 1.76. The van der Waals surface area contributed by atoms with Crippen molar-refractivity contribution in [2.75, 3.05) is 11.9 Å². The Labute approximate surface area is 79.2 Å². The molecule has 0 aromatic carbocycles. The van der Waals surface area contributed by atoms with Gasteiger partial charge in [-0.1, -0.05) is 15.9 Å². The van der Waals surface area contributed by atoms with Crippen molar-refractivity contribution in [2.45, 2.75) is 18.9 Å². The molecule has 1 rings (SSSR count). The minimum atomic E-state index is -0.401. The van der Waals surface area contributed by atoms with E-state index in [1.165, 1.54) is 4.90 Å². The predicted octanol–water partition coefficient (Wildman–Crippen LogP) is -0.142. The second kappa shape index (κ2) is 3.89. The maximum Gasteiger partial charge on any atom is 0.240 e. The second-order valence-electron chi connectivity index (χ2n) is 2.78. The molecule has 2 N–H and O–H groups in total. The van der Waals surface area contributed by atoms with E-state index >= 15 is 0 Å². The first-order valence-corrected chi connectivity index (χ1v) is 4.93. The predicted molar refractivity (Wildman–Crippen MR) is 47.7 cm³/mol. The zero-order valence-corrected chi connectivity index (χ0v) is 8.21. The number of rotatable bonds is 2. The zero-order chi connectivity index (χ0) is 9.14. The normalized spacial score (nSPS) is 22.8. The highest BCUT2D eigenvalue weighted by molar-refractivity contribution is 9.09. The fourth-order valence-electron chi connectivity index (χ4n) is 1.44. The molecule has 1 aliphatic rings. The second-order valence-corrected chi connectivity index (χ2v) is 3.34. The maximum absolute atomic E-state index is 11.2. The van der Waals surface area contributed by atoms with Crippen LogP contribution in [0.25, 0.3) is 0 Å². The first-order valence-electron chi connectivity index (χ1n) is 3.81. The van der Waals surface area contributed by atoms with Gasteiger partial charge in [0.15, 0.2) is 0 Å². The molecule has 0 aliphatic carbocycles. The van der Waals surface area contributed by atoms with Gasteiger partial charge in [0.2, 0.25) is 11.8 Å². The van der Waals surface area contributed by atoms with Crippen LogP contribution in [0.15, 0.2) is 0 Å². The lowest BCUT2D eigenvalue weighted by Gasteiger charge is -2.20. The molecule has 12 heavy (non-hydrogen) atoms. The fraction of sp³-hybridized carbons (Fsp3) is 0.714. The summed E-state index contributed by atoms with van der Waals surface area (Å²) in [6, 6.07) is -0.380. The van der Waals surface area contributed by atoms with Crippen LogP contribution in [0.5, 0.6) is 0 Å². The van der Waals surface area contributed by atoms with Crippen LogP contribution in [0.4, 0.5) is 0 Å². The van der Waals surface area contributed by atoms with E-state index in [4.69, 9.17) is 5.73 Å². The average Bonchev–Trinajstić information content (AvgIpc) is 2.50. The summed E-state index contributed by atoms with van der Waals surface area (Å²) in [5, 5.41) is 0.261. The SMILES string of the molecule is NC(=O)[C@H]1CCCN1C(=O)CBr. The van der Waals surface area contributed by atoms with E-state index in [0.29, 0.717) is 13.0 Å². The Kier molecular flexibility index (Phi) is 3.08. The summed E-state index contributed by atoms with van der Waals surface area (Å²) in [7, 11) is 0. The number of likely N-dealkylation sites (tertiary alicyclic amines) is 1. The number of hydrogen-bond acceptors (Lipinski definition) is 2. The summed E-state index contributed by atoms with van der Waals surface area (Å²) in [6.07, 6.45) is 1.57. The van der Waals surface area contributed by atoms with E-state index in [2.05, 4.69) is 15.9 Å². The van der Waals surface area contributed by atoms with Crippen molar-refractivity contribution < 1.29 is 9.59 Å². The Morgan fingerprint density at radius 3 is 2.75 bits per heavy atom. The molecule has 1 heterocycles. The van der Waals surface area contributed by atoms with Gasteiger partial charge in [0.25, 0.3) is 0 Å². The highest BCUT2D eigenvalue weighted by atomic mass is 79.9. The maximum atomic E-state index is 11.2. The smallest absolute Gasteiger partial charge is 0.240 e. The molecular formula is C7H11BrN2O2. The summed E-state index contributed by atoms with van der Waals surface area (Å²) in [6.45, 7) is 0.651. The molecule has 0 radical (unpaired) electrons. The summed E-state index contributed by atoms with van der Waals surface area (Å²) < 4.78 is 0. The van der Waals surface area contributed by atoms with E-state index in [0.717, 1.165) is 6.42 Å². The summed E-state index contributed by atoms with van der Waals surface area (Å²) in [5.74, 6) is -0.460. The van der Waals surface area contributed by atoms with Gasteiger partial charge in [-0.2, -0.15) is 0 Å². The van der Waals surface area contributed by atoms with Crippen molar-refractivity contribution in [2.24, 2.45) is 5.73 Å². The lowest BCUT2D eigenvalue weighted by Crippen LogP contribution is -2.44. The van der Waals surface area contributed by atoms with Gasteiger partial charge in [-0.15, -0.1) is 0 Å². The van der Waals surface area contributed by atoms with Crippen molar-refractivity contribution in [3.05, 3.63) is 0 Å². The van der Waals surface area contributed by atoms with Crippen LogP contribution in [0.1, 0.15) is 12.8 Å². The minimum absolute atomic E-state index is 0.0590. The third-order valence-corrected chi connectivity index (χ3v) is 2.50. The standard InChI is InChI=1S/C7H11BrN2O2/c8-4-6(11)10-3-1-2-5(10)7(9)12/h5H,1-4H2,(H2,9,12)/t5-/m1/s1. The molecule has 0 aromatic heterocycles. The molecule has 1 aliphatic heterocycles. The van der Waals surface area contributed by atoms with Gasteiger partial charge in [0.05, 0.1) is 5.33 Å². The topological polar surface area (TPSA) is 63.4 Å². The lowest BCUT2D eigenvalue weighted by atomic mass is 10.2. The van der Waals surface area contributed by atoms with E-state index in [1.54, 1.807) is 0 Å². The molecular weight excluding hydrogens is 224 g/mol. The molecule has 0 bridgehead atoms. The molecule has 68 valence electrons. The molecule has 0 spiro atoms. The van der Waals surface area contributed by atoms with Gasteiger partial charge < -0.3 is 10.6 Å². The minimum Gasteiger partial charge on any atom is -0.368 e. The lowest BCUT2D eigenvalue weighted by molar-refractivity contribution is -0.135. The highest BCUT2D eigenvalue weighted by Gasteiger charge is 2.31. The molecule has 0 unspecified atom stereocenters. The van der Waals surface area contributed by atoms with Crippen molar-refractivity contribution >= 4 is 27.7 Å². The third kappa shape index (κ3) is 1.77. The molecule has 0 saturated carbocycles. The molecule has 2 amide bonds. The van der Waals surface area contributed by atoms with E-state index in [1.807, 2.05) is 0 Å². The monoisotopic (exact) mass is 234 g/mol. The van der Waals surface area contributed by atoms with Crippen molar-refractivity contribution in [3.63, 3.8) is 0 Å². The number of hydrogen-bond donors (Lipinski definition) is 1. The van der Waals surface area contributed by atoms with E-state index in [9.17, 15) is 9.59 Å². The largest absolute Gasteiger partial charge is 0.368 e. The van der Waals surface area contributed by atoms with Crippen molar-refractivity contribution in [1.29, 1.82) is 0 Å². The third-order valence-electron chi connectivity index (χ3n) is 2.02.